The predicted octanol–water partition coefficient (Wildman–Crippen LogP) is 1.53. The van der Waals surface area contributed by atoms with Crippen LogP contribution in [-0.2, 0) is 10.0 Å². The summed E-state index contributed by atoms with van der Waals surface area (Å²) in [5.74, 6) is -0.0707. The van der Waals surface area contributed by atoms with E-state index in [-0.39, 0.29) is 5.75 Å². The SMILES string of the molecule is CCCN(CCC)S(=O)(=O)CC(N)c1cccnc1. The number of sulfonamides is 1. The smallest absolute Gasteiger partial charge is 0.215 e. The lowest BCUT2D eigenvalue weighted by atomic mass is 10.2. The van der Waals surface area contributed by atoms with Gasteiger partial charge in [-0.1, -0.05) is 19.9 Å². The van der Waals surface area contributed by atoms with Gasteiger partial charge in [-0.25, -0.2) is 12.7 Å². The fourth-order valence-electron chi connectivity index (χ4n) is 1.91. The second-order valence-corrected chi connectivity index (χ2v) is 6.58. The van der Waals surface area contributed by atoms with E-state index in [1.807, 2.05) is 13.8 Å². The summed E-state index contributed by atoms with van der Waals surface area (Å²) in [6.07, 6.45) is 4.87. The Morgan fingerprint density at radius 2 is 1.95 bits per heavy atom. The van der Waals surface area contributed by atoms with E-state index in [4.69, 9.17) is 5.73 Å². The van der Waals surface area contributed by atoms with Gasteiger partial charge in [0.25, 0.3) is 0 Å². The fourth-order valence-corrected chi connectivity index (χ4v) is 3.69. The van der Waals surface area contributed by atoms with Crippen LogP contribution in [0.3, 0.4) is 0 Å². The molecule has 0 spiro atoms. The Balaban J connectivity index is 2.77. The van der Waals surface area contributed by atoms with Crippen molar-refractivity contribution in [2.45, 2.75) is 32.7 Å². The van der Waals surface area contributed by atoms with E-state index in [0.29, 0.717) is 13.1 Å². The molecule has 2 N–H and O–H groups in total. The molecular weight excluding hydrogens is 262 g/mol. The predicted molar refractivity (Wildman–Crippen MR) is 77.1 cm³/mol. The van der Waals surface area contributed by atoms with Crippen molar-refractivity contribution in [3.8, 4) is 0 Å². The molecule has 0 fully saturated rings. The molecule has 19 heavy (non-hydrogen) atoms. The molecule has 0 aliphatic rings. The molecular formula is C13H23N3O2S. The average Bonchev–Trinajstić information content (AvgIpc) is 2.39. The maximum absolute atomic E-state index is 12.3. The normalized spacial score (nSPS) is 13.7. The number of hydrogen-bond donors (Lipinski definition) is 1. The molecule has 5 nitrogen and oxygen atoms in total. The molecule has 0 amide bonds. The Morgan fingerprint density at radius 1 is 1.32 bits per heavy atom. The van der Waals surface area contributed by atoms with Crippen LogP contribution < -0.4 is 5.73 Å². The van der Waals surface area contributed by atoms with E-state index in [1.165, 1.54) is 4.31 Å². The highest BCUT2D eigenvalue weighted by Crippen LogP contribution is 2.14. The zero-order valence-electron chi connectivity index (χ0n) is 11.6. The highest BCUT2D eigenvalue weighted by Gasteiger charge is 2.24. The lowest BCUT2D eigenvalue weighted by Gasteiger charge is -2.23. The minimum atomic E-state index is -3.31. The third-order valence-corrected chi connectivity index (χ3v) is 4.77. The van der Waals surface area contributed by atoms with Crippen LogP contribution >= 0.6 is 0 Å². The topological polar surface area (TPSA) is 76.3 Å². The maximum Gasteiger partial charge on any atom is 0.215 e. The van der Waals surface area contributed by atoms with Gasteiger partial charge in [0.2, 0.25) is 10.0 Å². The molecule has 0 saturated carbocycles. The Kier molecular flexibility index (Phi) is 6.41. The number of hydrogen-bond acceptors (Lipinski definition) is 4. The third kappa shape index (κ3) is 4.89. The lowest BCUT2D eigenvalue weighted by molar-refractivity contribution is 0.407. The number of nitrogens with zero attached hydrogens (tertiary/aromatic N) is 2. The summed E-state index contributed by atoms with van der Waals surface area (Å²) in [5, 5.41) is 0. The molecule has 1 rings (SSSR count). The van der Waals surface area contributed by atoms with Gasteiger partial charge in [0.15, 0.2) is 0 Å². The zero-order chi connectivity index (χ0) is 14.3. The van der Waals surface area contributed by atoms with Crippen molar-refractivity contribution in [2.24, 2.45) is 5.73 Å². The molecule has 0 bridgehead atoms. The van der Waals surface area contributed by atoms with Crippen molar-refractivity contribution in [2.75, 3.05) is 18.8 Å². The standard InChI is InChI=1S/C13H23N3O2S/c1-3-8-16(9-4-2)19(17,18)11-13(14)12-6-5-7-15-10-12/h5-7,10,13H,3-4,8-9,11,14H2,1-2H3. The van der Waals surface area contributed by atoms with Gasteiger partial charge in [-0.15, -0.1) is 0 Å². The Labute approximate surface area is 115 Å². The van der Waals surface area contributed by atoms with Crippen LogP contribution in [0.2, 0.25) is 0 Å². The molecule has 0 aliphatic carbocycles. The van der Waals surface area contributed by atoms with E-state index < -0.39 is 16.1 Å². The summed E-state index contributed by atoms with van der Waals surface area (Å²) in [5.41, 5.74) is 6.71. The summed E-state index contributed by atoms with van der Waals surface area (Å²) in [6, 6.07) is 3.03. The molecule has 6 heteroatoms. The molecule has 1 atom stereocenters. The zero-order valence-corrected chi connectivity index (χ0v) is 12.4. The summed E-state index contributed by atoms with van der Waals surface area (Å²) in [6.45, 7) is 5.05. The largest absolute Gasteiger partial charge is 0.323 e. The van der Waals surface area contributed by atoms with Crippen LogP contribution in [-0.4, -0.2) is 36.5 Å². The van der Waals surface area contributed by atoms with E-state index in [0.717, 1.165) is 18.4 Å². The van der Waals surface area contributed by atoms with Crippen molar-refractivity contribution in [3.63, 3.8) is 0 Å². The molecule has 0 saturated heterocycles. The number of pyridine rings is 1. The molecule has 1 unspecified atom stereocenters. The third-order valence-electron chi connectivity index (χ3n) is 2.84. The van der Waals surface area contributed by atoms with Crippen molar-refractivity contribution in [1.82, 2.24) is 9.29 Å². The first-order chi connectivity index (χ1) is 9.01. The van der Waals surface area contributed by atoms with Crippen LogP contribution in [0.4, 0.5) is 0 Å². The van der Waals surface area contributed by atoms with E-state index in [2.05, 4.69) is 4.98 Å². The Morgan fingerprint density at radius 3 is 2.42 bits per heavy atom. The quantitative estimate of drug-likeness (QED) is 0.786. The van der Waals surface area contributed by atoms with Gasteiger partial charge in [0.05, 0.1) is 5.75 Å². The Bertz CT molecular complexity index is 456. The highest BCUT2D eigenvalue weighted by atomic mass is 32.2. The van der Waals surface area contributed by atoms with Crippen LogP contribution in [0.25, 0.3) is 0 Å². The molecule has 0 aliphatic heterocycles. The second-order valence-electron chi connectivity index (χ2n) is 4.57. The summed E-state index contributed by atoms with van der Waals surface area (Å²) >= 11 is 0. The minimum absolute atomic E-state index is 0.0707. The van der Waals surface area contributed by atoms with Crippen molar-refractivity contribution >= 4 is 10.0 Å². The van der Waals surface area contributed by atoms with Gasteiger partial charge in [-0.05, 0) is 24.5 Å². The van der Waals surface area contributed by atoms with Crippen LogP contribution in [0.5, 0.6) is 0 Å². The van der Waals surface area contributed by atoms with Gasteiger partial charge in [-0.2, -0.15) is 0 Å². The fraction of sp³-hybridized carbons (Fsp3) is 0.615. The van der Waals surface area contributed by atoms with Crippen LogP contribution in [0.1, 0.15) is 38.3 Å². The van der Waals surface area contributed by atoms with Gasteiger partial charge in [0.1, 0.15) is 0 Å². The summed E-state index contributed by atoms with van der Waals surface area (Å²) in [4.78, 5) is 3.96. The van der Waals surface area contributed by atoms with E-state index in [1.54, 1.807) is 24.5 Å². The summed E-state index contributed by atoms with van der Waals surface area (Å²) in [7, 11) is -3.31. The monoisotopic (exact) mass is 285 g/mol. The summed E-state index contributed by atoms with van der Waals surface area (Å²) < 4.78 is 26.2. The average molecular weight is 285 g/mol. The highest BCUT2D eigenvalue weighted by molar-refractivity contribution is 7.89. The first-order valence-corrected chi connectivity index (χ1v) is 8.25. The van der Waals surface area contributed by atoms with Gasteiger partial charge < -0.3 is 5.73 Å². The number of aromatic nitrogens is 1. The second kappa shape index (κ2) is 7.57. The molecule has 108 valence electrons. The first-order valence-electron chi connectivity index (χ1n) is 6.64. The van der Waals surface area contributed by atoms with Gasteiger partial charge in [-0.3, -0.25) is 4.98 Å². The maximum atomic E-state index is 12.3. The van der Waals surface area contributed by atoms with E-state index >= 15 is 0 Å². The van der Waals surface area contributed by atoms with Crippen molar-refractivity contribution in [1.29, 1.82) is 0 Å². The van der Waals surface area contributed by atoms with Crippen LogP contribution in [0.15, 0.2) is 24.5 Å². The van der Waals surface area contributed by atoms with Crippen molar-refractivity contribution < 1.29 is 8.42 Å². The molecule has 0 aromatic carbocycles. The first kappa shape index (κ1) is 16.1. The molecule has 1 heterocycles. The van der Waals surface area contributed by atoms with E-state index in [9.17, 15) is 8.42 Å². The Hall–Kier alpha value is -0.980. The van der Waals surface area contributed by atoms with Gasteiger partial charge in [0, 0.05) is 31.5 Å². The lowest BCUT2D eigenvalue weighted by Crippen LogP contribution is -2.37. The molecule has 1 aromatic rings. The molecule has 0 radical (unpaired) electrons. The molecule has 1 aromatic heterocycles. The van der Waals surface area contributed by atoms with Gasteiger partial charge >= 0.3 is 0 Å². The van der Waals surface area contributed by atoms with Crippen LogP contribution in [0, 0.1) is 0 Å². The number of rotatable bonds is 8. The number of nitrogens with two attached hydrogens (primary N) is 1. The minimum Gasteiger partial charge on any atom is -0.323 e. The van der Waals surface area contributed by atoms with Crippen molar-refractivity contribution in [3.05, 3.63) is 30.1 Å².